The van der Waals surface area contributed by atoms with Gasteiger partial charge in [0.2, 0.25) is 0 Å². The van der Waals surface area contributed by atoms with Crippen LogP contribution in [0.15, 0.2) is 18.2 Å². The Bertz CT molecular complexity index is 650. The minimum absolute atomic E-state index is 0.0875. The Balaban J connectivity index is 2.02. The average Bonchev–Trinajstić information content (AvgIpc) is 3.18. The van der Waals surface area contributed by atoms with Crippen molar-refractivity contribution >= 4 is 11.0 Å². The van der Waals surface area contributed by atoms with E-state index in [4.69, 9.17) is 15.5 Å². The molecule has 1 atom stereocenters. The van der Waals surface area contributed by atoms with E-state index in [1.54, 1.807) is 7.11 Å². The number of nitrogens with zero attached hydrogens (tertiary/aromatic N) is 2. The van der Waals surface area contributed by atoms with Crippen LogP contribution in [-0.4, -0.2) is 22.7 Å². The van der Waals surface area contributed by atoms with Gasteiger partial charge in [0.25, 0.3) is 0 Å². The Labute approximate surface area is 126 Å². The summed E-state index contributed by atoms with van der Waals surface area (Å²) in [5, 5.41) is 0. The number of rotatable bonds is 4. The van der Waals surface area contributed by atoms with Crippen LogP contribution in [0.2, 0.25) is 0 Å². The van der Waals surface area contributed by atoms with Gasteiger partial charge in [0, 0.05) is 24.6 Å². The van der Waals surface area contributed by atoms with Crippen molar-refractivity contribution in [3.8, 4) is 5.75 Å². The molecule has 1 saturated carbocycles. The first-order valence-electron chi connectivity index (χ1n) is 7.70. The van der Waals surface area contributed by atoms with Crippen molar-refractivity contribution in [1.82, 2.24) is 9.55 Å². The highest BCUT2D eigenvalue weighted by atomic mass is 16.5. The lowest BCUT2D eigenvalue weighted by Crippen LogP contribution is -2.37. The topological polar surface area (TPSA) is 53.1 Å². The lowest BCUT2D eigenvalue weighted by molar-refractivity contribution is 0.313. The zero-order valence-electron chi connectivity index (χ0n) is 13.4. The van der Waals surface area contributed by atoms with Crippen molar-refractivity contribution in [2.75, 3.05) is 7.11 Å². The van der Waals surface area contributed by atoms with E-state index in [-0.39, 0.29) is 11.5 Å². The third kappa shape index (κ3) is 2.77. The van der Waals surface area contributed by atoms with Crippen LogP contribution < -0.4 is 10.5 Å². The molecule has 1 heterocycles. The molecule has 0 spiro atoms. The van der Waals surface area contributed by atoms with Gasteiger partial charge in [-0.2, -0.15) is 0 Å². The molecule has 1 aliphatic rings. The fourth-order valence-corrected chi connectivity index (χ4v) is 2.64. The molecule has 2 aromatic rings. The molecule has 1 aromatic heterocycles. The zero-order chi connectivity index (χ0) is 15.2. The third-order valence-corrected chi connectivity index (χ3v) is 4.40. The Morgan fingerprint density at radius 1 is 1.38 bits per heavy atom. The standard InChI is InChI=1S/C17H25N3O/c1-17(2,3)15(18)10-16-19-13-9-12(21-4)7-8-14(13)20(16)11-5-6-11/h7-9,11,15H,5-6,10,18H2,1-4H3. The van der Waals surface area contributed by atoms with Crippen LogP contribution in [0.4, 0.5) is 0 Å². The van der Waals surface area contributed by atoms with E-state index in [2.05, 4.69) is 31.4 Å². The normalized spacial score (nSPS) is 17.2. The summed E-state index contributed by atoms with van der Waals surface area (Å²) in [6.45, 7) is 6.56. The molecule has 0 aliphatic heterocycles. The Hall–Kier alpha value is -1.55. The van der Waals surface area contributed by atoms with Gasteiger partial charge < -0.3 is 15.0 Å². The van der Waals surface area contributed by atoms with Gasteiger partial charge in [-0.15, -0.1) is 0 Å². The van der Waals surface area contributed by atoms with Crippen LogP contribution in [0.25, 0.3) is 11.0 Å². The highest BCUT2D eigenvalue weighted by Crippen LogP contribution is 2.39. The molecule has 4 heteroatoms. The number of aromatic nitrogens is 2. The Morgan fingerprint density at radius 2 is 2.10 bits per heavy atom. The van der Waals surface area contributed by atoms with Crippen molar-refractivity contribution in [1.29, 1.82) is 0 Å². The van der Waals surface area contributed by atoms with E-state index < -0.39 is 0 Å². The quantitative estimate of drug-likeness (QED) is 0.938. The van der Waals surface area contributed by atoms with E-state index in [0.29, 0.717) is 6.04 Å². The van der Waals surface area contributed by atoms with Crippen LogP contribution in [0, 0.1) is 5.41 Å². The van der Waals surface area contributed by atoms with Gasteiger partial charge in [0.05, 0.1) is 18.1 Å². The second-order valence-corrected chi connectivity index (χ2v) is 7.16. The first-order valence-corrected chi connectivity index (χ1v) is 7.70. The Morgan fingerprint density at radius 3 is 2.67 bits per heavy atom. The lowest BCUT2D eigenvalue weighted by Gasteiger charge is -2.27. The molecule has 1 fully saturated rings. The summed E-state index contributed by atoms with van der Waals surface area (Å²) >= 11 is 0. The molecule has 0 saturated heterocycles. The van der Waals surface area contributed by atoms with Crippen LogP contribution >= 0.6 is 0 Å². The summed E-state index contributed by atoms with van der Waals surface area (Å²) < 4.78 is 7.70. The van der Waals surface area contributed by atoms with E-state index in [1.165, 1.54) is 18.4 Å². The van der Waals surface area contributed by atoms with Gasteiger partial charge >= 0.3 is 0 Å². The van der Waals surface area contributed by atoms with E-state index >= 15 is 0 Å². The molecular formula is C17H25N3O. The predicted octanol–water partition coefficient (Wildman–Crippen LogP) is 3.30. The van der Waals surface area contributed by atoms with Crippen molar-refractivity contribution in [2.24, 2.45) is 11.1 Å². The number of fused-ring (bicyclic) bond motifs is 1. The number of hydrogen-bond donors (Lipinski definition) is 1. The van der Waals surface area contributed by atoms with Crippen molar-refractivity contribution in [3.63, 3.8) is 0 Å². The van der Waals surface area contributed by atoms with E-state index in [0.717, 1.165) is 23.5 Å². The summed E-state index contributed by atoms with van der Waals surface area (Å²) in [6.07, 6.45) is 3.31. The van der Waals surface area contributed by atoms with E-state index in [9.17, 15) is 0 Å². The molecule has 3 rings (SSSR count). The second-order valence-electron chi connectivity index (χ2n) is 7.16. The molecule has 21 heavy (non-hydrogen) atoms. The molecule has 4 nitrogen and oxygen atoms in total. The molecule has 0 amide bonds. The minimum atomic E-state index is 0.0875. The fourth-order valence-electron chi connectivity index (χ4n) is 2.64. The maximum absolute atomic E-state index is 6.37. The maximum Gasteiger partial charge on any atom is 0.121 e. The van der Waals surface area contributed by atoms with Crippen LogP contribution in [-0.2, 0) is 6.42 Å². The van der Waals surface area contributed by atoms with Gasteiger partial charge in [-0.3, -0.25) is 0 Å². The summed E-state index contributed by atoms with van der Waals surface area (Å²) in [5.74, 6) is 1.97. The Kier molecular flexibility index (Phi) is 3.44. The van der Waals surface area contributed by atoms with Crippen molar-refractivity contribution < 1.29 is 4.74 Å². The van der Waals surface area contributed by atoms with Gasteiger partial charge in [-0.05, 0) is 30.4 Å². The smallest absolute Gasteiger partial charge is 0.121 e. The molecule has 114 valence electrons. The van der Waals surface area contributed by atoms with Crippen LogP contribution in [0.1, 0.15) is 45.5 Å². The van der Waals surface area contributed by atoms with Crippen LogP contribution in [0.5, 0.6) is 5.75 Å². The highest BCUT2D eigenvalue weighted by molar-refractivity contribution is 5.78. The maximum atomic E-state index is 6.37. The second kappa shape index (κ2) is 5.02. The van der Waals surface area contributed by atoms with Gasteiger partial charge in [0.1, 0.15) is 11.6 Å². The van der Waals surface area contributed by atoms with Gasteiger partial charge in [-0.1, -0.05) is 20.8 Å². The number of ether oxygens (including phenoxy) is 1. The monoisotopic (exact) mass is 287 g/mol. The molecule has 1 unspecified atom stereocenters. The van der Waals surface area contributed by atoms with Crippen molar-refractivity contribution in [2.45, 2.75) is 52.1 Å². The number of benzene rings is 1. The number of methoxy groups -OCH3 is 1. The van der Waals surface area contributed by atoms with Gasteiger partial charge in [-0.25, -0.2) is 4.98 Å². The fraction of sp³-hybridized carbons (Fsp3) is 0.588. The molecule has 2 N–H and O–H groups in total. The minimum Gasteiger partial charge on any atom is -0.497 e. The highest BCUT2D eigenvalue weighted by Gasteiger charge is 2.30. The number of nitrogens with two attached hydrogens (primary N) is 1. The van der Waals surface area contributed by atoms with Gasteiger partial charge in [0.15, 0.2) is 0 Å². The third-order valence-electron chi connectivity index (χ3n) is 4.40. The van der Waals surface area contributed by atoms with Crippen molar-refractivity contribution in [3.05, 3.63) is 24.0 Å². The summed E-state index contributed by atoms with van der Waals surface area (Å²) in [6, 6.07) is 6.85. The molecular weight excluding hydrogens is 262 g/mol. The van der Waals surface area contributed by atoms with Crippen LogP contribution in [0.3, 0.4) is 0 Å². The zero-order valence-corrected chi connectivity index (χ0v) is 13.4. The average molecular weight is 287 g/mol. The van der Waals surface area contributed by atoms with E-state index in [1.807, 2.05) is 12.1 Å². The summed E-state index contributed by atoms with van der Waals surface area (Å²) in [5.41, 5.74) is 8.67. The number of imidazole rings is 1. The number of hydrogen-bond acceptors (Lipinski definition) is 3. The predicted molar refractivity (Wildman–Crippen MR) is 85.7 cm³/mol. The first-order chi connectivity index (χ1) is 9.90. The largest absolute Gasteiger partial charge is 0.497 e. The molecule has 1 aliphatic carbocycles. The lowest BCUT2D eigenvalue weighted by atomic mass is 9.85. The molecule has 1 aromatic carbocycles. The SMILES string of the molecule is COc1ccc2c(c1)nc(CC(N)C(C)(C)C)n2C1CC1. The summed E-state index contributed by atoms with van der Waals surface area (Å²) in [4.78, 5) is 4.84. The molecule has 0 bridgehead atoms. The molecule has 0 radical (unpaired) electrons. The first kappa shape index (κ1) is 14.4. The summed E-state index contributed by atoms with van der Waals surface area (Å²) in [7, 11) is 1.69.